The molecule has 0 saturated carbocycles. The number of rotatable bonds is 5. The van der Waals surface area contributed by atoms with Gasteiger partial charge in [-0.2, -0.15) is 0 Å². The first kappa shape index (κ1) is 14.6. The second-order valence-electron chi connectivity index (χ2n) is 6.63. The normalized spacial score (nSPS) is 12.4. The molecule has 0 amide bonds. The van der Waals surface area contributed by atoms with E-state index in [-0.39, 0.29) is 10.8 Å². The zero-order valence-electron chi connectivity index (χ0n) is 12.8. The van der Waals surface area contributed by atoms with Gasteiger partial charge in [0.1, 0.15) is 6.33 Å². The summed E-state index contributed by atoms with van der Waals surface area (Å²) in [4.78, 5) is 12.4. The van der Waals surface area contributed by atoms with Gasteiger partial charge in [0, 0.05) is 24.8 Å². The van der Waals surface area contributed by atoms with Gasteiger partial charge in [0.15, 0.2) is 0 Å². The SMILES string of the molecule is CC(C)(CCC(C)(C)c1cncnc1)c1ccncc1. The van der Waals surface area contributed by atoms with Crippen molar-refractivity contribution in [1.29, 1.82) is 0 Å². The van der Waals surface area contributed by atoms with Crippen LogP contribution in [-0.4, -0.2) is 15.0 Å². The first-order valence-electron chi connectivity index (χ1n) is 7.08. The van der Waals surface area contributed by atoms with Crippen LogP contribution in [0.15, 0.2) is 43.2 Å². The summed E-state index contributed by atoms with van der Waals surface area (Å²) in [5.74, 6) is 0. The monoisotopic (exact) mass is 269 g/mol. The lowest BCUT2D eigenvalue weighted by Gasteiger charge is -2.31. The highest BCUT2D eigenvalue weighted by atomic mass is 14.8. The third-order valence-electron chi connectivity index (χ3n) is 4.18. The van der Waals surface area contributed by atoms with Crippen molar-refractivity contribution in [3.63, 3.8) is 0 Å². The maximum Gasteiger partial charge on any atom is 0.115 e. The quantitative estimate of drug-likeness (QED) is 0.826. The average molecular weight is 269 g/mol. The summed E-state index contributed by atoms with van der Waals surface area (Å²) >= 11 is 0. The van der Waals surface area contributed by atoms with Crippen molar-refractivity contribution >= 4 is 0 Å². The molecule has 2 heterocycles. The largest absolute Gasteiger partial charge is 0.265 e. The van der Waals surface area contributed by atoms with Crippen molar-refractivity contribution in [2.24, 2.45) is 0 Å². The van der Waals surface area contributed by atoms with E-state index in [9.17, 15) is 0 Å². The number of hydrogen-bond acceptors (Lipinski definition) is 3. The van der Waals surface area contributed by atoms with Crippen LogP contribution in [0, 0.1) is 0 Å². The summed E-state index contributed by atoms with van der Waals surface area (Å²) in [6, 6.07) is 4.22. The lowest BCUT2D eigenvalue weighted by molar-refractivity contribution is 0.373. The van der Waals surface area contributed by atoms with E-state index < -0.39 is 0 Å². The van der Waals surface area contributed by atoms with Crippen LogP contribution in [0.3, 0.4) is 0 Å². The number of nitrogens with zero attached hydrogens (tertiary/aromatic N) is 3. The van der Waals surface area contributed by atoms with Crippen LogP contribution in [0.4, 0.5) is 0 Å². The highest BCUT2D eigenvalue weighted by Gasteiger charge is 2.27. The number of aromatic nitrogens is 3. The van der Waals surface area contributed by atoms with Gasteiger partial charge >= 0.3 is 0 Å². The highest BCUT2D eigenvalue weighted by Crippen LogP contribution is 2.35. The Hall–Kier alpha value is -1.77. The third-order valence-corrected chi connectivity index (χ3v) is 4.18. The van der Waals surface area contributed by atoms with E-state index in [0.717, 1.165) is 12.8 Å². The summed E-state index contributed by atoms with van der Waals surface area (Å²) in [6.07, 6.45) is 11.4. The first-order chi connectivity index (χ1) is 9.42. The van der Waals surface area contributed by atoms with E-state index in [1.807, 2.05) is 24.8 Å². The van der Waals surface area contributed by atoms with Crippen LogP contribution < -0.4 is 0 Å². The fourth-order valence-corrected chi connectivity index (χ4v) is 2.37. The molecule has 0 N–H and O–H groups in total. The van der Waals surface area contributed by atoms with E-state index in [1.54, 1.807) is 6.33 Å². The molecule has 0 bridgehead atoms. The van der Waals surface area contributed by atoms with Gasteiger partial charge in [-0.25, -0.2) is 9.97 Å². The molecule has 0 saturated heterocycles. The Morgan fingerprint density at radius 3 is 1.80 bits per heavy atom. The second kappa shape index (κ2) is 5.70. The standard InChI is InChI=1S/C17H23N3/c1-16(2,14-5-9-18-10-6-14)7-8-17(3,4)15-11-19-13-20-12-15/h5-6,9-13H,7-8H2,1-4H3. The summed E-state index contributed by atoms with van der Waals surface area (Å²) in [5, 5.41) is 0. The van der Waals surface area contributed by atoms with Gasteiger partial charge in [-0.05, 0) is 46.9 Å². The molecule has 0 atom stereocenters. The Labute approximate surface area is 121 Å². The third kappa shape index (κ3) is 3.41. The lowest BCUT2D eigenvalue weighted by atomic mass is 9.73. The van der Waals surface area contributed by atoms with Gasteiger partial charge in [-0.1, -0.05) is 27.7 Å². The Morgan fingerprint density at radius 1 is 0.750 bits per heavy atom. The van der Waals surface area contributed by atoms with E-state index in [4.69, 9.17) is 0 Å². The Bertz CT molecular complexity index is 481. The molecule has 0 fully saturated rings. The van der Waals surface area contributed by atoms with Crippen LogP contribution in [-0.2, 0) is 10.8 Å². The minimum absolute atomic E-state index is 0.0888. The highest BCUT2D eigenvalue weighted by molar-refractivity contribution is 5.22. The van der Waals surface area contributed by atoms with Crippen LogP contribution >= 0.6 is 0 Å². The van der Waals surface area contributed by atoms with Crippen LogP contribution in [0.2, 0.25) is 0 Å². The maximum absolute atomic E-state index is 4.13. The van der Waals surface area contributed by atoms with Crippen LogP contribution in [0.25, 0.3) is 0 Å². The molecule has 3 nitrogen and oxygen atoms in total. The predicted molar refractivity (Wildman–Crippen MR) is 81.6 cm³/mol. The second-order valence-corrected chi connectivity index (χ2v) is 6.63. The Kier molecular flexibility index (Phi) is 4.17. The molecule has 0 unspecified atom stereocenters. The maximum atomic E-state index is 4.13. The fourth-order valence-electron chi connectivity index (χ4n) is 2.37. The Morgan fingerprint density at radius 2 is 1.25 bits per heavy atom. The van der Waals surface area contributed by atoms with Gasteiger partial charge in [-0.3, -0.25) is 4.98 Å². The molecular formula is C17H23N3. The van der Waals surface area contributed by atoms with Crippen molar-refractivity contribution in [3.05, 3.63) is 54.4 Å². The van der Waals surface area contributed by atoms with Crippen molar-refractivity contribution in [2.45, 2.75) is 51.4 Å². The van der Waals surface area contributed by atoms with Gasteiger partial charge in [0.25, 0.3) is 0 Å². The molecule has 2 rings (SSSR count). The molecule has 3 heteroatoms. The molecule has 0 spiro atoms. The van der Waals surface area contributed by atoms with Crippen LogP contribution in [0.5, 0.6) is 0 Å². The smallest absolute Gasteiger partial charge is 0.115 e. The molecule has 0 aliphatic carbocycles. The molecular weight excluding hydrogens is 246 g/mol. The molecule has 0 aliphatic rings. The van der Waals surface area contributed by atoms with E-state index in [0.29, 0.717) is 0 Å². The van der Waals surface area contributed by atoms with Crippen LogP contribution in [0.1, 0.15) is 51.7 Å². The fraction of sp³-hybridized carbons (Fsp3) is 0.471. The van der Waals surface area contributed by atoms with Crippen molar-refractivity contribution in [2.75, 3.05) is 0 Å². The molecule has 20 heavy (non-hydrogen) atoms. The first-order valence-corrected chi connectivity index (χ1v) is 7.08. The summed E-state index contributed by atoms with van der Waals surface area (Å²) < 4.78 is 0. The molecule has 2 aromatic rings. The molecule has 0 radical (unpaired) electrons. The van der Waals surface area contributed by atoms with Gasteiger partial charge in [-0.15, -0.1) is 0 Å². The van der Waals surface area contributed by atoms with Crippen molar-refractivity contribution in [3.8, 4) is 0 Å². The van der Waals surface area contributed by atoms with E-state index in [2.05, 4.69) is 54.8 Å². The van der Waals surface area contributed by atoms with Gasteiger partial charge < -0.3 is 0 Å². The summed E-state index contributed by atoms with van der Waals surface area (Å²) in [5.41, 5.74) is 2.78. The minimum Gasteiger partial charge on any atom is -0.265 e. The average Bonchev–Trinajstić information content (AvgIpc) is 2.47. The summed E-state index contributed by atoms with van der Waals surface area (Å²) in [7, 11) is 0. The summed E-state index contributed by atoms with van der Waals surface area (Å²) in [6.45, 7) is 9.10. The Balaban J connectivity index is 2.08. The van der Waals surface area contributed by atoms with Crippen molar-refractivity contribution in [1.82, 2.24) is 15.0 Å². The van der Waals surface area contributed by atoms with Gasteiger partial charge in [0.05, 0.1) is 0 Å². The lowest BCUT2D eigenvalue weighted by Crippen LogP contribution is -2.24. The molecule has 0 aliphatic heterocycles. The number of hydrogen-bond donors (Lipinski definition) is 0. The number of pyridine rings is 1. The molecule has 2 aromatic heterocycles. The van der Waals surface area contributed by atoms with Gasteiger partial charge in [0.2, 0.25) is 0 Å². The van der Waals surface area contributed by atoms with E-state index >= 15 is 0 Å². The molecule has 0 aromatic carbocycles. The van der Waals surface area contributed by atoms with Crippen molar-refractivity contribution < 1.29 is 0 Å². The zero-order chi connectivity index (χ0) is 14.6. The predicted octanol–water partition coefficient (Wildman–Crippen LogP) is 3.91. The molecule has 106 valence electrons. The zero-order valence-corrected chi connectivity index (χ0v) is 12.8. The topological polar surface area (TPSA) is 38.7 Å². The van der Waals surface area contributed by atoms with E-state index in [1.165, 1.54) is 11.1 Å². The minimum atomic E-state index is 0.0888.